The van der Waals surface area contributed by atoms with Crippen LogP contribution >= 0.6 is 0 Å². The first-order chi connectivity index (χ1) is 16.1. The number of hydrogen-bond donors (Lipinski definition) is 3. The lowest BCUT2D eigenvalue weighted by Crippen LogP contribution is -2.42. The van der Waals surface area contributed by atoms with Crippen LogP contribution in [0, 0.1) is 0 Å². The predicted octanol–water partition coefficient (Wildman–Crippen LogP) is 3.92. The van der Waals surface area contributed by atoms with Crippen LogP contribution in [0.25, 0.3) is 0 Å². The number of carbonyl (C=O) groups is 2. The number of rotatable bonds is 8. The van der Waals surface area contributed by atoms with Crippen molar-refractivity contribution in [2.45, 2.75) is 25.5 Å². The van der Waals surface area contributed by atoms with Gasteiger partial charge in [-0.05, 0) is 43.2 Å². The summed E-state index contributed by atoms with van der Waals surface area (Å²) in [6.45, 7) is 2.02. The normalized spacial score (nSPS) is 14.6. The van der Waals surface area contributed by atoms with Crippen LogP contribution in [0.3, 0.4) is 0 Å². The Morgan fingerprint density at radius 3 is 2.18 bits per heavy atom. The number of benzene rings is 3. The Kier molecular flexibility index (Phi) is 7.50. The van der Waals surface area contributed by atoms with E-state index in [1.807, 2.05) is 42.5 Å². The Morgan fingerprint density at radius 1 is 0.848 bits per heavy atom. The quantitative estimate of drug-likeness (QED) is 0.460. The number of ketones is 1. The van der Waals surface area contributed by atoms with E-state index >= 15 is 0 Å². The fourth-order valence-electron chi connectivity index (χ4n) is 4.12. The highest BCUT2D eigenvalue weighted by Gasteiger charge is 2.21. The molecule has 3 aromatic rings. The molecule has 170 valence electrons. The van der Waals surface area contributed by atoms with Gasteiger partial charge in [-0.25, -0.2) is 0 Å². The van der Waals surface area contributed by atoms with Crippen LogP contribution in [0.15, 0.2) is 78.9 Å². The first-order valence-corrected chi connectivity index (χ1v) is 11.3. The van der Waals surface area contributed by atoms with Gasteiger partial charge >= 0.3 is 0 Å². The zero-order valence-electron chi connectivity index (χ0n) is 18.5. The zero-order valence-corrected chi connectivity index (χ0v) is 18.5. The fraction of sp³-hybridized carbons (Fsp3) is 0.259. The molecular formula is C27H29N3O3. The molecule has 1 heterocycles. The molecule has 6 heteroatoms. The smallest absolute Gasteiger partial charge is 0.238 e. The van der Waals surface area contributed by atoms with Crippen LogP contribution in [-0.2, 0) is 11.4 Å². The van der Waals surface area contributed by atoms with Gasteiger partial charge in [0, 0.05) is 47.2 Å². The van der Waals surface area contributed by atoms with Crippen molar-refractivity contribution in [3.8, 4) is 0 Å². The van der Waals surface area contributed by atoms with Gasteiger partial charge in [-0.3, -0.25) is 14.5 Å². The van der Waals surface area contributed by atoms with Crippen molar-refractivity contribution in [3.63, 3.8) is 0 Å². The van der Waals surface area contributed by atoms with Gasteiger partial charge in [-0.1, -0.05) is 48.5 Å². The summed E-state index contributed by atoms with van der Waals surface area (Å²) in [6.07, 6.45) is 1.87. The molecule has 0 unspecified atom stereocenters. The molecule has 0 aromatic heterocycles. The van der Waals surface area contributed by atoms with Crippen LogP contribution in [0.5, 0.6) is 0 Å². The molecule has 6 nitrogen and oxygen atoms in total. The largest absolute Gasteiger partial charge is 0.392 e. The number of nitrogens with one attached hydrogen (secondary N) is 2. The van der Waals surface area contributed by atoms with Crippen molar-refractivity contribution in [1.82, 2.24) is 4.90 Å². The number of amides is 1. The number of piperidine rings is 1. The van der Waals surface area contributed by atoms with E-state index in [1.54, 1.807) is 36.4 Å². The maximum atomic E-state index is 12.5. The molecule has 3 N–H and O–H groups in total. The Labute approximate surface area is 194 Å². The second kappa shape index (κ2) is 10.9. The summed E-state index contributed by atoms with van der Waals surface area (Å²) in [5.74, 6) is -0.0965. The minimum absolute atomic E-state index is 0.0174. The fourth-order valence-corrected chi connectivity index (χ4v) is 4.12. The molecule has 1 fully saturated rings. The maximum absolute atomic E-state index is 12.5. The summed E-state index contributed by atoms with van der Waals surface area (Å²) < 4.78 is 0. The first-order valence-electron chi connectivity index (χ1n) is 11.3. The average molecular weight is 444 g/mol. The lowest BCUT2D eigenvalue weighted by molar-refractivity contribution is -0.117. The van der Waals surface area contributed by atoms with Gasteiger partial charge in [-0.2, -0.15) is 0 Å². The first kappa shape index (κ1) is 22.7. The van der Waals surface area contributed by atoms with Crippen LogP contribution in [0.4, 0.5) is 11.4 Å². The molecule has 1 aliphatic heterocycles. The Hall–Kier alpha value is -3.48. The number of anilines is 2. The predicted molar refractivity (Wildman–Crippen MR) is 130 cm³/mol. The maximum Gasteiger partial charge on any atom is 0.238 e. The van der Waals surface area contributed by atoms with E-state index < -0.39 is 0 Å². The van der Waals surface area contributed by atoms with Gasteiger partial charge in [0.2, 0.25) is 5.91 Å². The van der Waals surface area contributed by atoms with Crippen molar-refractivity contribution in [2.75, 3.05) is 30.3 Å². The standard InChI is InChI=1S/C27H29N3O3/c31-19-22-8-4-5-9-25(22)28-24-14-16-30(17-15-24)18-26(32)29-23-12-10-21(11-13-23)27(33)20-6-2-1-3-7-20/h1-13,24,28,31H,14-19H2,(H,29,32). The molecule has 0 aliphatic carbocycles. The molecular weight excluding hydrogens is 414 g/mol. The van der Waals surface area contributed by atoms with Crippen molar-refractivity contribution in [2.24, 2.45) is 0 Å². The van der Waals surface area contributed by atoms with Gasteiger partial charge in [-0.15, -0.1) is 0 Å². The van der Waals surface area contributed by atoms with Gasteiger partial charge in [0.1, 0.15) is 0 Å². The lowest BCUT2D eigenvalue weighted by atomic mass is 10.0. The topological polar surface area (TPSA) is 81.7 Å². The second-order valence-electron chi connectivity index (χ2n) is 8.33. The summed E-state index contributed by atoms with van der Waals surface area (Å²) in [5.41, 5.74) is 3.80. The highest BCUT2D eigenvalue weighted by molar-refractivity contribution is 6.09. The third-order valence-corrected chi connectivity index (χ3v) is 5.97. The number of aliphatic hydroxyl groups excluding tert-OH is 1. The number of nitrogens with zero attached hydrogens (tertiary/aromatic N) is 1. The molecule has 33 heavy (non-hydrogen) atoms. The number of hydrogen-bond acceptors (Lipinski definition) is 5. The van der Waals surface area contributed by atoms with Crippen LogP contribution in [0.2, 0.25) is 0 Å². The minimum atomic E-state index is -0.0610. The van der Waals surface area contributed by atoms with E-state index in [2.05, 4.69) is 15.5 Å². The molecule has 1 aliphatic rings. The number of para-hydroxylation sites is 1. The molecule has 0 bridgehead atoms. The second-order valence-corrected chi connectivity index (χ2v) is 8.33. The summed E-state index contributed by atoms with van der Waals surface area (Å²) in [7, 11) is 0. The molecule has 1 amide bonds. The minimum Gasteiger partial charge on any atom is -0.392 e. The van der Waals surface area contributed by atoms with Crippen LogP contribution < -0.4 is 10.6 Å². The van der Waals surface area contributed by atoms with E-state index in [1.165, 1.54) is 0 Å². The summed E-state index contributed by atoms with van der Waals surface area (Å²) >= 11 is 0. The molecule has 0 saturated carbocycles. The van der Waals surface area contributed by atoms with E-state index in [0.29, 0.717) is 29.4 Å². The van der Waals surface area contributed by atoms with Crippen molar-refractivity contribution in [3.05, 3.63) is 95.6 Å². The van der Waals surface area contributed by atoms with E-state index in [-0.39, 0.29) is 18.3 Å². The number of likely N-dealkylation sites (tertiary alicyclic amines) is 1. The van der Waals surface area contributed by atoms with Crippen LogP contribution in [0.1, 0.15) is 34.3 Å². The van der Waals surface area contributed by atoms with Crippen molar-refractivity contribution in [1.29, 1.82) is 0 Å². The molecule has 0 spiro atoms. The van der Waals surface area contributed by atoms with Crippen LogP contribution in [-0.4, -0.2) is 47.4 Å². The van der Waals surface area contributed by atoms with E-state index in [9.17, 15) is 14.7 Å². The number of carbonyl (C=O) groups excluding carboxylic acids is 2. The highest BCUT2D eigenvalue weighted by Crippen LogP contribution is 2.20. The Bertz CT molecular complexity index is 1080. The van der Waals surface area contributed by atoms with Gasteiger partial charge < -0.3 is 15.7 Å². The van der Waals surface area contributed by atoms with E-state index in [0.717, 1.165) is 37.2 Å². The van der Waals surface area contributed by atoms with Gasteiger partial charge in [0.15, 0.2) is 5.78 Å². The third kappa shape index (κ3) is 6.06. The summed E-state index contributed by atoms with van der Waals surface area (Å²) in [4.78, 5) is 27.2. The average Bonchev–Trinajstić information content (AvgIpc) is 2.86. The highest BCUT2D eigenvalue weighted by atomic mass is 16.3. The monoisotopic (exact) mass is 443 g/mol. The Balaban J connectivity index is 1.24. The molecule has 0 atom stereocenters. The summed E-state index contributed by atoms with van der Waals surface area (Å²) in [6, 6.07) is 24.3. The number of aliphatic hydroxyl groups is 1. The molecule has 4 rings (SSSR count). The Morgan fingerprint density at radius 2 is 1.48 bits per heavy atom. The van der Waals surface area contributed by atoms with Gasteiger partial charge in [0.05, 0.1) is 13.2 Å². The molecule has 3 aromatic carbocycles. The van der Waals surface area contributed by atoms with Crippen molar-refractivity contribution >= 4 is 23.1 Å². The molecule has 1 saturated heterocycles. The van der Waals surface area contributed by atoms with E-state index in [4.69, 9.17) is 0 Å². The third-order valence-electron chi connectivity index (χ3n) is 5.97. The summed E-state index contributed by atoms with van der Waals surface area (Å²) in [5, 5.41) is 15.9. The zero-order chi connectivity index (χ0) is 23.0. The SMILES string of the molecule is O=C(CN1CCC(Nc2ccccc2CO)CC1)Nc1ccc(C(=O)c2ccccc2)cc1. The lowest BCUT2D eigenvalue weighted by Gasteiger charge is -2.32. The van der Waals surface area contributed by atoms with Crippen molar-refractivity contribution < 1.29 is 14.7 Å². The van der Waals surface area contributed by atoms with Gasteiger partial charge in [0.25, 0.3) is 0 Å². The molecule has 0 radical (unpaired) electrons.